The van der Waals surface area contributed by atoms with Gasteiger partial charge in [-0.25, -0.2) is 4.98 Å². The Morgan fingerprint density at radius 2 is 2.22 bits per heavy atom. The van der Waals surface area contributed by atoms with Crippen molar-refractivity contribution in [3.63, 3.8) is 0 Å². The molecule has 0 spiro atoms. The lowest BCUT2D eigenvalue weighted by Crippen LogP contribution is -2.38. The Balaban J connectivity index is 1.95. The Hall–Kier alpha value is -1.69. The van der Waals surface area contributed by atoms with E-state index in [1.165, 1.54) is 6.20 Å². The molecule has 1 aromatic heterocycles. The van der Waals surface area contributed by atoms with Gasteiger partial charge in [-0.1, -0.05) is 12.8 Å². The second-order valence-electron chi connectivity index (χ2n) is 4.84. The van der Waals surface area contributed by atoms with Crippen molar-refractivity contribution in [1.29, 1.82) is 0 Å². The summed E-state index contributed by atoms with van der Waals surface area (Å²) in [5.41, 5.74) is -0.340. The van der Waals surface area contributed by atoms with Crippen molar-refractivity contribution in [3.05, 3.63) is 28.4 Å². The highest BCUT2D eigenvalue weighted by Gasteiger charge is 2.33. The number of hydrogen-bond acceptors (Lipinski definition) is 4. The maximum Gasteiger partial charge on any atom is 0.271 e. The van der Waals surface area contributed by atoms with Gasteiger partial charge >= 0.3 is 0 Å². The zero-order chi connectivity index (χ0) is 13.0. The van der Waals surface area contributed by atoms with E-state index in [0.717, 1.165) is 31.9 Å². The van der Waals surface area contributed by atoms with Crippen LogP contribution in [0.2, 0.25) is 0 Å². The van der Waals surface area contributed by atoms with Crippen LogP contribution in [0.3, 0.4) is 0 Å². The summed E-state index contributed by atoms with van der Waals surface area (Å²) in [7, 11) is 0. The number of amides is 1. The molecule has 1 heterocycles. The predicted octanol–water partition coefficient (Wildman–Crippen LogP) is 0.0524. The van der Waals surface area contributed by atoms with E-state index in [-0.39, 0.29) is 29.2 Å². The van der Waals surface area contributed by atoms with Gasteiger partial charge < -0.3 is 15.4 Å². The molecule has 3 N–H and O–H groups in total. The summed E-state index contributed by atoms with van der Waals surface area (Å²) >= 11 is 0. The molecule has 0 aliphatic heterocycles. The summed E-state index contributed by atoms with van der Waals surface area (Å²) < 4.78 is 0. The van der Waals surface area contributed by atoms with Crippen molar-refractivity contribution in [2.45, 2.75) is 25.7 Å². The second-order valence-corrected chi connectivity index (χ2v) is 4.84. The molecule has 0 unspecified atom stereocenters. The van der Waals surface area contributed by atoms with Crippen LogP contribution < -0.4 is 10.9 Å². The average Bonchev–Trinajstić information content (AvgIpc) is 2.86. The first-order valence-electron chi connectivity index (χ1n) is 6.09. The summed E-state index contributed by atoms with van der Waals surface area (Å²) in [5, 5.41) is 12.2. The summed E-state index contributed by atoms with van der Waals surface area (Å²) in [5.74, 6) is -0.328. The van der Waals surface area contributed by atoms with E-state index in [9.17, 15) is 14.7 Å². The number of H-pyrrole nitrogens is 1. The summed E-state index contributed by atoms with van der Waals surface area (Å²) in [6, 6.07) is 0. The van der Waals surface area contributed by atoms with Gasteiger partial charge in [-0.05, 0) is 12.8 Å². The Kier molecular flexibility index (Phi) is 3.76. The molecule has 2 rings (SSSR count). The molecule has 1 aromatic rings. The lowest BCUT2D eigenvalue weighted by molar-refractivity contribution is 0.0875. The number of carbonyl (C=O) groups excluding carboxylic acids is 1. The van der Waals surface area contributed by atoms with E-state index in [0.29, 0.717) is 6.54 Å². The molecule has 18 heavy (non-hydrogen) atoms. The van der Waals surface area contributed by atoms with Crippen molar-refractivity contribution in [1.82, 2.24) is 15.3 Å². The van der Waals surface area contributed by atoms with Gasteiger partial charge in [0.1, 0.15) is 5.69 Å². The third-order valence-corrected chi connectivity index (χ3v) is 3.53. The molecular formula is C12H17N3O3. The largest absolute Gasteiger partial charge is 0.396 e. The topological polar surface area (TPSA) is 95.1 Å². The molecule has 1 saturated carbocycles. The van der Waals surface area contributed by atoms with E-state index < -0.39 is 0 Å². The van der Waals surface area contributed by atoms with E-state index in [2.05, 4.69) is 15.3 Å². The first kappa shape index (κ1) is 12.8. The van der Waals surface area contributed by atoms with Crippen molar-refractivity contribution in [3.8, 4) is 0 Å². The van der Waals surface area contributed by atoms with Crippen LogP contribution in [0.5, 0.6) is 0 Å². The molecule has 0 aromatic carbocycles. The van der Waals surface area contributed by atoms with Crippen molar-refractivity contribution >= 4 is 5.91 Å². The molecule has 6 heteroatoms. The van der Waals surface area contributed by atoms with Gasteiger partial charge in [-0.15, -0.1) is 0 Å². The van der Waals surface area contributed by atoms with Gasteiger partial charge in [-0.3, -0.25) is 9.59 Å². The van der Waals surface area contributed by atoms with Crippen LogP contribution in [0.25, 0.3) is 0 Å². The first-order valence-corrected chi connectivity index (χ1v) is 6.09. The third-order valence-electron chi connectivity index (χ3n) is 3.53. The summed E-state index contributed by atoms with van der Waals surface area (Å²) in [6.45, 7) is 0.537. The highest BCUT2D eigenvalue weighted by atomic mass is 16.3. The quantitative estimate of drug-likeness (QED) is 0.704. The number of aliphatic hydroxyl groups excluding tert-OH is 1. The zero-order valence-corrected chi connectivity index (χ0v) is 10.1. The number of aromatic amines is 1. The molecule has 0 atom stereocenters. The molecule has 0 saturated heterocycles. The van der Waals surface area contributed by atoms with Crippen LogP contribution >= 0.6 is 0 Å². The molecule has 1 aliphatic rings. The van der Waals surface area contributed by atoms with E-state index in [1.54, 1.807) is 0 Å². The van der Waals surface area contributed by atoms with Crippen LogP contribution in [0, 0.1) is 5.41 Å². The van der Waals surface area contributed by atoms with Crippen LogP contribution in [0.1, 0.15) is 36.2 Å². The number of aliphatic hydroxyl groups is 1. The predicted molar refractivity (Wildman–Crippen MR) is 65.2 cm³/mol. The lowest BCUT2D eigenvalue weighted by atomic mass is 9.87. The molecule has 1 fully saturated rings. The number of carbonyl (C=O) groups is 1. The fourth-order valence-corrected chi connectivity index (χ4v) is 2.34. The number of rotatable bonds is 4. The van der Waals surface area contributed by atoms with Gasteiger partial charge in [0.05, 0.1) is 12.8 Å². The molecule has 6 nitrogen and oxygen atoms in total. The molecule has 0 bridgehead atoms. The molecular weight excluding hydrogens is 234 g/mol. The van der Waals surface area contributed by atoms with E-state index in [1.807, 2.05) is 0 Å². The fraction of sp³-hybridized carbons (Fsp3) is 0.583. The lowest BCUT2D eigenvalue weighted by Gasteiger charge is -2.26. The normalized spacial score (nSPS) is 17.6. The number of aromatic nitrogens is 2. The van der Waals surface area contributed by atoms with Crippen molar-refractivity contribution < 1.29 is 9.90 Å². The minimum Gasteiger partial charge on any atom is -0.396 e. The molecule has 1 amide bonds. The minimum atomic E-state index is -0.339. The smallest absolute Gasteiger partial charge is 0.271 e. The van der Waals surface area contributed by atoms with Crippen LogP contribution in [-0.4, -0.2) is 34.1 Å². The molecule has 0 radical (unpaired) electrons. The first-order chi connectivity index (χ1) is 8.65. The molecule has 98 valence electrons. The van der Waals surface area contributed by atoms with Gasteiger partial charge in [0.2, 0.25) is 0 Å². The number of nitrogens with zero attached hydrogens (tertiary/aromatic N) is 1. The second kappa shape index (κ2) is 5.30. The Morgan fingerprint density at radius 1 is 1.50 bits per heavy atom. The van der Waals surface area contributed by atoms with Crippen LogP contribution in [0.4, 0.5) is 0 Å². The maximum atomic E-state index is 11.8. The van der Waals surface area contributed by atoms with E-state index in [4.69, 9.17) is 0 Å². The van der Waals surface area contributed by atoms with Crippen LogP contribution in [0.15, 0.2) is 17.2 Å². The van der Waals surface area contributed by atoms with Crippen molar-refractivity contribution in [2.24, 2.45) is 5.41 Å². The van der Waals surface area contributed by atoms with Gasteiger partial charge in [0.15, 0.2) is 0 Å². The van der Waals surface area contributed by atoms with Gasteiger partial charge in [0.25, 0.3) is 11.5 Å². The highest BCUT2D eigenvalue weighted by Crippen LogP contribution is 2.36. The highest BCUT2D eigenvalue weighted by molar-refractivity contribution is 5.91. The number of nitrogens with one attached hydrogen (secondary N) is 2. The number of hydrogen-bond donors (Lipinski definition) is 3. The SMILES string of the molecule is O=C(NCC1(CO)CCCC1)c1c[nH]c(=O)cn1. The summed E-state index contributed by atoms with van der Waals surface area (Å²) in [6.07, 6.45) is 6.41. The van der Waals surface area contributed by atoms with Crippen LogP contribution in [-0.2, 0) is 0 Å². The zero-order valence-electron chi connectivity index (χ0n) is 10.1. The Morgan fingerprint density at radius 3 is 2.78 bits per heavy atom. The average molecular weight is 251 g/mol. The third kappa shape index (κ3) is 2.76. The Bertz CT molecular complexity index is 457. The monoisotopic (exact) mass is 251 g/mol. The minimum absolute atomic E-state index is 0.0896. The maximum absolute atomic E-state index is 11.8. The Labute approximate surface area is 104 Å². The fourth-order valence-electron chi connectivity index (χ4n) is 2.34. The molecule has 1 aliphatic carbocycles. The van der Waals surface area contributed by atoms with Crippen molar-refractivity contribution in [2.75, 3.05) is 13.2 Å². The van der Waals surface area contributed by atoms with Gasteiger partial charge in [0, 0.05) is 18.2 Å². The standard InChI is InChI=1S/C12H17N3O3/c16-8-12(3-1-2-4-12)7-15-11(18)9-5-14-10(17)6-13-9/h5-6,16H,1-4,7-8H2,(H,14,17)(H,15,18). The van der Waals surface area contributed by atoms with Gasteiger partial charge in [-0.2, -0.15) is 0 Å². The van der Waals surface area contributed by atoms with E-state index >= 15 is 0 Å². The summed E-state index contributed by atoms with van der Waals surface area (Å²) in [4.78, 5) is 28.8.